The number of ether oxygens (including phenoxy) is 2. The van der Waals surface area contributed by atoms with Gasteiger partial charge in [-0.25, -0.2) is 0 Å². The maximum absolute atomic E-state index is 6.06. The molecule has 19 heavy (non-hydrogen) atoms. The average Bonchev–Trinajstić information content (AvgIpc) is 2.91. The van der Waals surface area contributed by atoms with Crippen molar-refractivity contribution in [2.75, 3.05) is 13.2 Å². The molecule has 1 aliphatic heterocycles. The van der Waals surface area contributed by atoms with E-state index in [4.69, 9.17) is 15.2 Å². The van der Waals surface area contributed by atoms with Gasteiger partial charge < -0.3 is 15.2 Å². The minimum Gasteiger partial charge on any atom is -0.490 e. The first-order valence-electron chi connectivity index (χ1n) is 7.29. The molecule has 2 rings (SSSR count). The number of hydrogen-bond acceptors (Lipinski definition) is 3. The van der Waals surface area contributed by atoms with Crippen molar-refractivity contribution in [1.82, 2.24) is 0 Å². The first kappa shape index (κ1) is 14.4. The minimum absolute atomic E-state index is 0.201. The van der Waals surface area contributed by atoms with Crippen LogP contribution < -0.4 is 10.5 Å². The van der Waals surface area contributed by atoms with Gasteiger partial charge in [0.2, 0.25) is 0 Å². The van der Waals surface area contributed by atoms with Crippen molar-refractivity contribution in [1.29, 1.82) is 0 Å². The molecule has 0 radical (unpaired) electrons. The highest BCUT2D eigenvalue weighted by Crippen LogP contribution is 2.26. The topological polar surface area (TPSA) is 44.5 Å². The number of rotatable bonds is 6. The zero-order valence-corrected chi connectivity index (χ0v) is 12.0. The predicted octanol–water partition coefficient (Wildman–Crippen LogP) is 2.83. The fourth-order valence-corrected chi connectivity index (χ4v) is 2.46. The van der Waals surface area contributed by atoms with E-state index in [1.165, 1.54) is 11.1 Å². The first-order valence-corrected chi connectivity index (χ1v) is 7.29. The number of para-hydroxylation sites is 1. The van der Waals surface area contributed by atoms with Gasteiger partial charge in [-0.3, -0.25) is 0 Å². The van der Waals surface area contributed by atoms with Gasteiger partial charge in [0.05, 0.1) is 6.10 Å². The summed E-state index contributed by atoms with van der Waals surface area (Å²) in [6.45, 7) is 5.73. The molecule has 3 heteroatoms. The van der Waals surface area contributed by atoms with Gasteiger partial charge in [-0.15, -0.1) is 0 Å². The van der Waals surface area contributed by atoms with E-state index in [-0.39, 0.29) is 12.1 Å². The van der Waals surface area contributed by atoms with E-state index in [0.29, 0.717) is 6.61 Å². The number of hydrogen-bond donors (Lipinski definition) is 1. The third-order valence-corrected chi connectivity index (χ3v) is 3.74. The highest BCUT2D eigenvalue weighted by atomic mass is 16.5. The zero-order valence-electron chi connectivity index (χ0n) is 12.0. The van der Waals surface area contributed by atoms with Crippen LogP contribution in [0.3, 0.4) is 0 Å². The molecule has 0 aliphatic carbocycles. The molecule has 2 N–H and O–H groups in total. The van der Waals surface area contributed by atoms with E-state index in [9.17, 15) is 0 Å². The van der Waals surface area contributed by atoms with Crippen LogP contribution in [0.5, 0.6) is 5.75 Å². The standard InChI is InChI=1S/C16H25NO2/c1-3-14(17)10-13-7-4-6-12(2)16(13)19-11-15-8-5-9-18-15/h4,6-7,14-15H,3,5,8-11,17H2,1-2H3. The lowest BCUT2D eigenvalue weighted by atomic mass is 10.0. The molecule has 1 aromatic carbocycles. The summed E-state index contributed by atoms with van der Waals surface area (Å²) in [5.41, 5.74) is 8.46. The smallest absolute Gasteiger partial charge is 0.125 e. The maximum atomic E-state index is 6.06. The first-order chi connectivity index (χ1) is 9.20. The molecule has 2 atom stereocenters. The number of benzene rings is 1. The van der Waals surface area contributed by atoms with Gasteiger partial charge in [-0.2, -0.15) is 0 Å². The van der Waals surface area contributed by atoms with E-state index >= 15 is 0 Å². The van der Waals surface area contributed by atoms with Gasteiger partial charge in [0.1, 0.15) is 12.4 Å². The van der Waals surface area contributed by atoms with Crippen molar-refractivity contribution in [3.63, 3.8) is 0 Å². The Balaban J connectivity index is 2.03. The molecule has 106 valence electrons. The van der Waals surface area contributed by atoms with Crippen molar-refractivity contribution < 1.29 is 9.47 Å². The lowest BCUT2D eigenvalue weighted by Crippen LogP contribution is -2.23. The molecular formula is C16H25NO2. The fraction of sp³-hybridized carbons (Fsp3) is 0.625. The van der Waals surface area contributed by atoms with E-state index < -0.39 is 0 Å². The summed E-state index contributed by atoms with van der Waals surface area (Å²) in [4.78, 5) is 0. The van der Waals surface area contributed by atoms with Crippen LogP contribution in [0, 0.1) is 6.92 Å². The third kappa shape index (κ3) is 3.95. The second kappa shape index (κ2) is 6.92. The van der Waals surface area contributed by atoms with Crippen LogP contribution >= 0.6 is 0 Å². The van der Waals surface area contributed by atoms with Gasteiger partial charge in [-0.1, -0.05) is 25.1 Å². The lowest BCUT2D eigenvalue weighted by molar-refractivity contribution is 0.0673. The quantitative estimate of drug-likeness (QED) is 0.858. The molecule has 0 saturated carbocycles. The molecule has 0 aromatic heterocycles. The van der Waals surface area contributed by atoms with Crippen LogP contribution in [-0.2, 0) is 11.2 Å². The molecular weight excluding hydrogens is 238 g/mol. The van der Waals surface area contributed by atoms with Gasteiger partial charge >= 0.3 is 0 Å². The molecule has 1 saturated heterocycles. The molecule has 0 spiro atoms. The molecule has 0 amide bonds. The van der Waals surface area contributed by atoms with Crippen LogP contribution in [0.15, 0.2) is 18.2 Å². The third-order valence-electron chi connectivity index (χ3n) is 3.74. The van der Waals surface area contributed by atoms with Crippen LogP contribution in [0.2, 0.25) is 0 Å². The highest BCUT2D eigenvalue weighted by molar-refractivity contribution is 5.41. The van der Waals surface area contributed by atoms with Crippen molar-refractivity contribution >= 4 is 0 Å². The number of aryl methyl sites for hydroxylation is 1. The van der Waals surface area contributed by atoms with Crippen LogP contribution in [-0.4, -0.2) is 25.4 Å². The van der Waals surface area contributed by atoms with E-state index in [0.717, 1.165) is 38.0 Å². The Kier molecular flexibility index (Phi) is 5.23. The summed E-state index contributed by atoms with van der Waals surface area (Å²) >= 11 is 0. The Labute approximate surface area is 116 Å². The maximum Gasteiger partial charge on any atom is 0.125 e. The van der Waals surface area contributed by atoms with Crippen molar-refractivity contribution in [2.45, 2.75) is 51.7 Å². The van der Waals surface area contributed by atoms with Crippen LogP contribution in [0.25, 0.3) is 0 Å². The lowest BCUT2D eigenvalue weighted by Gasteiger charge is -2.18. The Morgan fingerprint density at radius 1 is 1.47 bits per heavy atom. The Morgan fingerprint density at radius 3 is 3.00 bits per heavy atom. The molecule has 2 unspecified atom stereocenters. The highest BCUT2D eigenvalue weighted by Gasteiger charge is 2.17. The van der Waals surface area contributed by atoms with Crippen molar-refractivity contribution in [2.24, 2.45) is 5.73 Å². The Bertz CT molecular complexity index is 400. The normalized spacial score (nSPS) is 20.5. The second-order valence-corrected chi connectivity index (χ2v) is 5.38. The van der Waals surface area contributed by atoms with Gasteiger partial charge in [0.25, 0.3) is 0 Å². The Morgan fingerprint density at radius 2 is 2.32 bits per heavy atom. The number of nitrogens with two attached hydrogens (primary N) is 1. The van der Waals surface area contributed by atoms with E-state index in [1.54, 1.807) is 0 Å². The van der Waals surface area contributed by atoms with Crippen molar-refractivity contribution in [3.05, 3.63) is 29.3 Å². The van der Waals surface area contributed by atoms with E-state index in [1.807, 2.05) is 0 Å². The summed E-state index contributed by atoms with van der Waals surface area (Å²) < 4.78 is 11.6. The average molecular weight is 263 g/mol. The fourth-order valence-electron chi connectivity index (χ4n) is 2.46. The summed E-state index contributed by atoms with van der Waals surface area (Å²) in [6, 6.07) is 6.48. The predicted molar refractivity (Wildman–Crippen MR) is 77.6 cm³/mol. The largest absolute Gasteiger partial charge is 0.490 e. The van der Waals surface area contributed by atoms with Gasteiger partial charge in [0, 0.05) is 12.6 Å². The zero-order chi connectivity index (χ0) is 13.7. The summed E-state index contributed by atoms with van der Waals surface area (Å²) in [5.74, 6) is 1.00. The SMILES string of the molecule is CCC(N)Cc1cccc(C)c1OCC1CCCO1. The van der Waals surface area contributed by atoms with Gasteiger partial charge in [-0.05, 0) is 43.7 Å². The molecule has 1 fully saturated rings. The van der Waals surface area contributed by atoms with E-state index in [2.05, 4.69) is 32.0 Å². The minimum atomic E-state index is 0.201. The molecule has 1 aliphatic rings. The molecule has 1 heterocycles. The van der Waals surface area contributed by atoms with Crippen LogP contribution in [0.4, 0.5) is 0 Å². The Hall–Kier alpha value is -1.06. The monoisotopic (exact) mass is 263 g/mol. The van der Waals surface area contributed by atoms with Crippen molar-refractivity contribution in [3.8, 4) is 5.75 Å². The van der Waals surface area contributed by atoms with Crippen LogP contribution in [0.1, 0.15) is 37.3 Å². The molecule has 1 aromatic rings. The summed E-state index contributed by atoms with van der Waals surface area (Å²) in [5, 5.41) is 0. The molecule has 0 bridgehead atoms. The summed E-state index contributed by atoms with van der Waals surface area (Å²) in [7, 11) is 0. The summed E-state index contributed by atoms with van der Waals surface area (Å²) in [6.07, 6.45) is 4.37. The van der Waals surface area contributed by atoms with Gasteiger partial charge in [0.15, 0.2) is 0 Å². The molecule has 3 nitrogen and oxygen atoms in total. The second-order valence-electron chi connectivity index (χ2n) is 5.38.